The second-order valence-electron chi connectivity index (χ2n) is 2.73. The van der Waals surface area contributed by atoms with Crippen LogP contribution in [-0.2, 0) is 4.79 Å². The van der Waals surface area contributed by atoms with Crippen LogP contribution in [0.25, 0.3) is 0 Å². The van der Waals surface area contributed by atoms with Gasteiger partial charge in [0.1, 0.15) is 6.42 Å². The minimum Gasteiger partial charge on any atom is -0.324 e. The first-order chi connectivity index (χ1) is 7.47. The molecule has 0 saturated heterocycles. The van der Waals surface area contributed by atoms with Crippen LogP contribution in [0.3, 0.4) is 0 Å². The molecular formula is C9H4Cl4N2O. The molecule has 0 heterocycles. The van der Waals surface area contributed by atoms with Gasteiger partial charge >= 0.3 is 0 Å². The lowest BCUT2D eigenvalue weighted by atomic mass is 10.3. The molecule has 0 aliphatic rings. The molecule has 7 heteroatoms. The smallest absolute Gasteiger partial charge is 0.238 e. The minimum atomic E-state index is -0.501. The normalized spacial score (nSPS) is 9.69. The summed E-state index contributed by atoms with van der Waals surface area (Å²) >= 11 is 23.1. The maximum absolute atomic E-state index is 11.2. The lowest BCUT2D eigenvalue weighted by Gasteiger charge is -2.09. The predicted molar refractivity (Wildman–Crippen MR) is 65.3 cm³/mol. The first-order valence-corrected chi connectivity index (χ1v) is 5.48. The van der Waals surface area contributed by atoms with Crippen molar-refractivity contribution in [3.8, 4) is 6.07 Å². The van der Waals surface area contributed by atoms with Crippen molar-refractivity contribution in [3.05, 3.63) is 26.2 Å². The fourth-order valence-electron chi connectivity index (χ4n) is 0.930. The highest BCUT2D eigenvalue weighted by atomic mass is 35.5. The summed E-state index contributed by atoms with van der Waals surface area (Å²) in [5, 5.41) is 11.2. The first-order valence-electron chi connectivity index (χ1n) is 3.97. The fourth-order valence-corrected chi connectivity index (χ4v) is 1.78. The topological polar surface area (TPSA) is 52.9 Å². The van der Waals surface area contributed by atoms with E-state index in [0.29, 0.717) is 0 Å². The standard InChI is InChI=1S/C9H4Cl4N2O/c10-4-3-5(15-6(16)1-2-14)8(12)9(13)7(4)11/h3H,1H2,(H,15,16). The van der Waals surface area contributed by atoms with Crippen LogP contribution < -0.4 is 5.32 Å². The SMILES string of the molecule is N#CCC(=O)Nc1cc(Cl)c(Cl)c(Cl)c1Cl. The Balaban J connectivity index is 3.07. The highest BCUT2D eigenvalue weighted by Crippen LogP contribution is 2.40. The van der Waals surface area contributed by atoms with E-state index in [1.807, 2.05) is 0 Å². The summed E-state index contributed by atoms with van der Waals surface area (Å²) in [4.78, 5) is 11.2. The zero-order valence-electron chi connectivity index (χ0n) is 7.65. The second kappa shape index (κ2) is 5.60. The molecule has 84 valence electrons. The number of carbonyl (C=O) groups excluding carboxylic acids is 1. The van der Waals surface area contributed by atoms with Gasteiger partial charge in [-0.2, -0.15) is 5.26 Å². The van der Waals surface area contributed by atoms with Gasteiger partial charge in [-0.3, -0.25) is 4.79 Å². The van der Waals surface area contributed by atoms with E-state index in [1.54, 1.807) is 6.07 Å². The largest absolute Gasteiger partial charge is 0.324 e. The van der Waals surface area contributed by atoms with Crippen LogP contribution in [0.15, 0.2) is 6.07 Å². The van der Waals surface area contributed by atoms with E-state index in [2.05, 4.69) is 5.32 Å². The number of halogens is 4. The molecular weight excluding hydrogens is 294 g/mol. The van der Waals surface area contributed by atoms with Crippen molar-refractivity contribution in [1.82, 2.24) is 0 Å². The number of amides is 1. The van der Waals surface area contributed by atoms with Crippen LogP contribution >= 0.6 is 46.4 Å². The summed E-state index contributed by atoms with van der Waals surface area (Å²) in [5.74, 6) is -0.501. The Labute approximate surface area is 112 Å². The third-order valence-electron chi connectivity index (χ3n) is 1.62. The Hall–Kier alpha value is -0.660. The second-order valence-corrected chi connectivity index (χ2v) is 4.27. The molecule has 0 atom stereocenters. The summed E-state index contributed by atoms with van der Waals surface area (Å²) in [6, 6.07) is 3.07. The molecule has 0 aromatic heterocycles. The van der Waals surface area contributed by atoms with Crippen molar-refractivity contribution in [1.29, 1.82) is 5.26 Å². The Morgan fingerprint density at radius 3 is 2.44 bits per heavy atom. The van der Waals surface area contributed by atoms with E-state index < -0.39 is 5.91 Å². The summed E-state index contributed by atoms with van der Waals surface area (Å²) in [7, 11) is 0. The van der Waals surface area contributed by atoms with E-state index in [4.69, 9.17) is 51.7 Å². The van der Waals surface area contributed by atoms with E-state index in [0.717, 1.165) is 0 Å². The van der Waals surface area contributed by atoms with Crippen molar-refractivity contribution >= 4 is 58.0 Å². The van der Waals surface area contributed by atoms with Crippen LogP contribution in [0.5, 0.6) is 0 Å². The molecule has 0 aliphatic heterocycles. The Morgan fingerprint density at radius 1 is 1.25 bits per heavy atom. The molecule has 0 saturated carbocycles. The van der Waals surface area contributed by atoms with Crippen molar-refractivity contribution in [2.24, 2.45) is 0 Å². The molecule has 0 radical (unpaired) electrons. The Bertz CT molecular complexity index is 481. The number of hydrogen-bond donors (Lipinski definition) is 1. The quantitative estimate of drug-likeness (QED) is 0.658. The molecule has 1 amide bonds. The van der Waals surface area contributed by atoms with Gasteiger partial charge in [0.25, 0.3) is 0 Å². The van der Waals surface area contributed by atoms with Gasteiger partial charge in [-0.15, -0.1) is 0 Å². The lowest BCUT2D eigenvalue weighted by Crippen LogP contribution is -2.10. The first kappa shape index (κ1) is 13.4. The van der Waals surface area contributed by atoms with Gasteiger partial charge in [0.2, 0.25) is 5.91 Å². The van der Waals surface area contributed by atoms with E-state index in [1.165, 1.54) is 6.07 Å². The molecule has 1 aromatic carbocycles. The molecule has 0 fully saturated rings. The zero-order chi connectivity index (χ0) is 12.3. The summed E-state index contributed by atoms with van der Waals surface area (Å²) in [6.07, 6.45) is -0.284. The van der Waals surface area contributed by atoms with Crippen LogP contribution in [0.2, 0.25) is 20.1 Å². The lowest BCUT2D eigenvalue weighted by molar-refractivity contribution is -0.115. The zero-order valence-corrected chi connectivity index (χ0v) is 10.7. The van der Waals surface area contributed by atoms with Gasteiger partial charge < -0.3 is 5.32 Å². The third-order valence-corrected chi connectivity index (χ3v) is 3.37. The molecule has 1 rings (SSSR count). The number of nitriles is 1. The highest BCUT2D eigenvalue weighted by Gasteiger charge is 2.14. The summed E-state index contributed by atoms with van der Waals surface area (Å²) in [6.45, 7) is 0. The highest BCUT2D eigenvalue weighted by molar-refractivity contribution is 6.52. The number of anilines is 1. The summed E-state index contributed by atoms with van der Waals surface area (Å²) < 4.78 is 0. The molecule has 1 N–H and O–H groups in total. The Morgan fingerprint density at radius 2 is 1.88 bits per heavy atom. The van der Waals surface area contributed by atoms with Gasteiger partial charge in [0.05, 0.1) is 31.8 Å². The third kappa shape index (κ3) is 2.93. The number of hydrogen-bond acceptors (Lipinski definition) is 2. The predicted octanol–water partition coefficient (Wildman–Crippen LogP) is 4.15. The number of carbonyl (C=O) groups is 1. The molecule has 0 unspecified atom stereocenters. The van der Waals surface area contributed by atoms with Crippen LogP contribution in [0, 0.1) is 11.3 Å². The van der Waals surface area contributed by atoms with Crippen LogP contribution in [0.1, 0.15) is 6.42 Å². The van der Waals surface area contributed by atoms with E-state index in [9.17, 15) is 4.79 Å². The van der Waals surface area contributed by atoms with Gasteiger partial charge in [-0.05, 0) is 6.07 Å². The van der Waals surface area contributed by atoms with Crippen LogP contribution in [-0.4, -0.2) is 5.91 Å². The van der Waals surface area contributed by atoms with Gasteiger partial charge in [0.15, 0.2) is 0 Å². The van der Waals surface area contributed by atoms with Gasteiger partial charge in [-0.1, -0.05) is 46.4 Å². The number of benzene rings is 1. The maximum Gasteiger partial charge on any atom is 0.238 e. The summed E-state index contributed by atoms with van der Waals surface area (Å²) in [5.41, 5.74) is 0.223. The van der Waals surface area contributed by atoms with Gasteiger partial charge in [-0.25, -0.2) is 0 Å². The number of rotatable bonds is 2. The number of nitrogens with zero attached hydrogens (tertiary/aromatic N) is 1. The average molecular weight is 298 g/mol. The van der Waals surface area contributed by atoms with E-state index >= 15 is 0 Å². The van der Waals surface area contributed by atoms with Crippen molar-refractivity contribution in [2.75, 3.05) is 5.32 Å². The number of nitrogens with one attached hydrogen (secondary N) is 1. The molecule has 1 aromatic rings. The molecule has 0 bridgehead atoms. The van der Waals surface area contributed by atoms with Crippen molar-refractivity contribution in [2.45, 2.75) is 6.42 Å². The van der Waals surface area contributed by atoms with Gasteiger partial charge in [0, 0.05) is 0 Å². The Kier molecular flexibility index (Phi) is 4.69. The maximum atomic E-state index is 11.2. The monoisotopic (exact) mass is 296 g/mol. The molecule has 3 nitrogen and oxygen atoms in total. The average Bonchev–Trinajstić information content (AvgIpc) is 2.23. The van der Waals surface area contributed by atoms with Crippen molar-refractivity contribution < 1.29 is 4.79 Å². The minimum absolute atomic E-state index is 0.0584. The molecule has 0 spiro atoms. The fraction of sp³-hybridized carbons (Fsp3) is 0.111. The molecule has 16 heavy (non-hydrogen) atoms. The van der Waals surface area contributed by atoms with Crippen molar-refractivity contribution in [3.63, 3.8) is 0 Å². The van der Waals surface area contributed by atoms with E-state index in [-0.39, 0.29) is 32.2 Å². The molecule has 0 aliphatic carbocycles. The van der Waals surface area contributed by atoms with Crippen LogP contribution in [0.4, 0.5) is 5.69 Å².